The molecule has 1 aromatic heterocycles. The van der Waals surface area contributed by atoms with Gasteiger partial charge in [-0.25, -0.2) is 15.0 Å². The molecule has 0 fully saturated rings. The molecule has 0 aliphatic carbocycles. The van der Waals surface area contributed by atoms with Crippen LogP contribution in [0.4, 0.5) is 0 Å². The van der Waals surface area contributed by atoms with Gasteiger partial charge in [-0.3, -0.25) is 0 Å². The van der Waals surface area contributed by atoms with E-state index < -0.39 is 0 Å². The zero-order valence-electron chi connectivity index (χ0n) is 12.8. The molecular weight excluding hydrogens is 282 g/mol. The van der Waals surface area contributed by atoms with E-state index in [1.54, 1.807) is 0 Å². The van der Waals surface area contributed by atoms with Gasteiger partial charge in [-0.05, 0) is 17.7 Å². The molecule has 0 saturated heterocycles. The maximum absolute atomic E-state index is 4.70. The van der Waals surface area contributed by atoms with Gasteiger partial charge in [0.15, 0.2) is 11.6 Å². The molecule has 23 heavy (non-hydrogen) atoms. The molecule has 0 bridgehead atoms. The van der Waals surface area contributed by atoms with Crippen molar-refractivity contribution < 1.29 is 0 Å². The van der Waals surface area contributed by atoms with Crippen LogP contribution in [-0.4, -0.2) is 15.0 Å². The molecule has 0 spiro atoms. The van der Waals surface area contributed by atoms with E-state index in [9.17, 15) is 0 Å². The highest BCUT2D eigenvalue weighted by molar-refractivity contribution is 5.95. The summed E-state index contributed by atoms with van der Waals surface area (Å²) < 4.78 is 0. The van der Waals surface area contributed by atoms with Crippen LogP contribution < -0.4 is 0 Å². The van der Waals surface area contributed by atoms with Crippen molar-refractivity contribution in [2.45, 2.75) is 6.92 Å². The van der Waals surface area contributed by atoms with E-state index in [1.807, 2.05) is 55.5 Å². The van der Waals surface area contributed by atoms with E-state index in [4.69, 9.17) is 4.98 Å². The van der Waals surface area contributed by atoms with Crippen LogP contribution in [0.15, 0.2) is 72.8 Å². The largest absolute Gasteiger partial charge is 0.213 e. The first-order valence-corrected chi connectivity index (χ1v) is 7.57. The van der Waals surface area contributed by atoms with E-state index in [0.29, 0.717) is 11.6 Å². The van der Waals surface area contributed by atoms with Crippen molar-refractivity contribution in [1.29, 1.82) is 0 Å². The maximum Gasteiger partial charge on any atom is 0.164 e. The van der Waals surface area contributed by atoms with Gasteiger partial charge in [-0.15, -0.1) is 0 Å². The van der Waals surface area contributed by atoms with Crippen molar-refractivity contribution in [3.63, 3.8) is 0 Å². The fourth-order valence-corrected chi connectivity index (χ4v) is 2.74. The molecule has 0 unspecified atom stereocenters. The van der Waals surface area contributed by atoms with E-state index in [2.05, 4.69) is 34.2 Å². The highest BCUT2D eigenvalue weighted by atomic mass is 15.0. The van der Waals surface area contributed by atoms with Crippen LogP contribution in [0.2, 0.25) is 0 Å². The van der Waals surface area contributed by atoms with Crippen molar-refractivity contribution in [3.8, 4) is 22.8 Å². The molecule has 110 valence electrons. The minimum absolute atomic E-state index is 0.709. The van der Waals surface area contributed by atoms with Crippen LogP contribution in [0.5, 0.6) is 0 Å². The number of hydrogen-bond donors (Lipinski definition) is 0. The Balaban J connectivity index is 1.94. The summed E-state index contributed by atoms with van der Waals surface area (Å²) in [7, 11) is 0. The zero-order valence-corrected chi connectivity index (χ0v) is 12.8. The summed E-state index contributed by atoms with van der Waals surface area (Å²) in [5, 5.41) is 2.34. The lowest BCUT2D eigenvalue weighted by Gasteiger charge is -2.08. The number of hydrogen-bond acceptors (Lipinski definition) is 3. The minimum Gasteiger partial charge on any atom is -0.213 e. The third kappa shape index (κ3) is 2.57. The number of benzene rings is 3. The monoisotopic (exact) mass is 297 g/mol. The van der Waals surface area contributed by atoms with Gasteiger partial charge < -0.3 is 0 Å². The lowest BCUT2D eigenvalue weighted by atomic mass is 10.0. The van der Waals surface area contributed by atoms with Gasteiger partial charge >= 0.3 is 0 Å². The third-order valence-corrected chi connectivity index (χ3v) is 3.81. The number of fused-ring (bicyclic) bond motifs is 1. The maximum atomic E-state index is 4.70. The molecule has 3 nitrogen and oxygen atoms in total. The average molecular weight is 297 g/mol. The van der Waals surface area contributed by atoms with E-state index in [0.717, 1.165) is 22.3 Å². The Morgan fingerprint density at radius 1 is 0.609 bits per heavy atom. The predicted octanol–water partition coefficient (Wildman–Crippen LogP) is 4.67. The molecule has 4 aromatic rings. The molecule has 0 saturated carbocycles. The molecule has 0 aliphatic rings. The fraction of sp³-hybridized carbons (Fsp3) is 0.0500. The first-order valence-electron chi connectivity index (χ1n) is 7.57. The summed E-state index contributed by atoms with van der Waals surface area (Å²) >= 11 is 0. The Bertz CT molecular complexity index is 973. The number of rotatable bonds is 2. The van der Waals surface area contributed by atoms with Crippen LogP contribution >= 0.6 is 0 Å². The molecule has 0 aliphatic heterocycles. The first kappa shape index (κ1) is 13.6. The Morgan fingerprint density at radius 2 is 1.30 bits per heavy atom. The van der Waals surface area contributed by atoms with Crippen LogP contribution in [0.1, 0.15) is 5.82 Å². The lowest BCUT2D eigenvalue weighted by Crippen LogP contribution is -1.99. The van der Waals surface area contributed by atoms with Crippen LogP contribution in [-0.2, 0) is 0 Å². The second kappa shape index (κ2) is 5.61. The number of aromatic nitrogens is 3. The average Bonchev–Trinajstić information content (AvgIpc) is 2.61. The topological polar surface area (TPSA) is 38.7 Å². The Labute approximate surface area is 134 Å². The Kier molecular flexibility index (Phi) is 3.31. The van der Waals surface area contributed by atoms with E-state index in [1.165, 1.54) is 5.39 Å². The molecule has 4 rings (SSSR count). The summed E-state index contributed by atoms with van der Waals surface area (Å²) in [5.74, 6) is 2.15. The van der Waals surface area contributed by atoms with Gasteiger partial charge in [-0.1, -0.05) is 72.8 Å². The minimum atomic E-state index is 0.709. The van der Waals surface area contributed by atoms with Gasteiger partial charge in [-0.2, -0.15) is 0 Å². The van der Waals surface area contributed by atoms with Crippen molar-refractivity contribution in [1.82, 2.24) is 15.0 Å². The predicted molar refractivity (Wildman–Crippen MR) is 92.9 cm³/mol. The van der Waals surface area contributed by atoms with Gasteiger partial charge in [0.25, 0.3) is 0 Å². The van der Waals surface area contributed by atoms with Gasteiger partial charge in [0, 0.05) is 11.1 Å². The fourth-order valence-electron chi connectivity index (χ4n) is 2.74. The quantitative estimate of drug-likeness (QED) is 0.540. The standard InChI is InChI=1S/C20H15N3/c1-14-21-19(16-9-3-2-4-10-16)23-20(22-14)18-13-7-11-15-8-5-6-12-17(15)18/h2-13H,1H3. The molecule has 3 aromatic carbocycles. The molecular formula is C20H15N3. The van der Waals surface area contributed by atoms with Crippen molar-refractivity contribution in [2.24, 2.45) is 0 Å². The molecule has 0 N–H and O–H groups in total. The molecule has 0 atom stereocenters. The molecule has 3 heteroatoms. The normalized spacial score (nSPS) is 10.8. The third-order valence-electron chi connectivity index (χ3n) is 3.81. The van der Waals surface area contributed by atoms with Crippen molar-refractivity contribution in [3.05, 3.63) is 78.6 Å². The summed E-state index contributed by atoms with van der Waals surface area (Å²) in [6.45, 7) is 1.91. The second-order valence-electron chi connectivity index (χ2n) is 5.42. The smallest absolute Gasteiger partial charge is 0.164 e. The van der Waals surface area contributed by atoms with Crippen molar-refractivity contribution >= 4 is 10.8 Å². The van der Waals surface area contributed by atoms with Gasteiger partial charge in [0.2, 0.25) is 0 Å². The Morgan fingerprint density at radius 3 is 2.17 bits per heavy atom. The molecule has 0 radical (unpaired) electrons. The summed E-state index contributed by atoms with van der Waals surface area (Å²) in [5.41, 5.74) is 2.03. The summed E-state index contributed by atoms with van der Waals surface area (Å²) in [4.78, 5) is 13.7. The SMILES string of the molecule is Cc1nc(-c2ccccc2)nc(-c2cccc3ccccc23)n1. The summed E-state index contributed by atoms with van der Waals surface area (Å²) in [6, 6.07) is 24.5. The highest BCUT2D eigenvalue weighted by Crippen LogP contribution is 2.27. The number of aryl methyl sites for hydroxylation is 1. The van der Waals surface area contributed by atoms with Crippen molar-refractivity contribution in [2.75, 3.05) is 0 Å². The van der Waals surface area contributed by atoms with E-state index >= 15 is 0 Å². The van der Waals surface area contributed by atoms with Crippen LogP contribution in [0, 0.1) is 6.92 Å². The first-order chi connectivity index (χ1) is 11.3. The highest BCUT2D eigenvalue weighted by Gasteiger charge is 2.10. The molecule has 0 amide bonds. The van der Waals surface area contributed by atoms with Crippen LogP contribution in [0.25, 0.3) is 33.5 Å². The zero-order chi connectivity index (χ0) is 15.6. The second-order valence-corrected chi connectivity index (χ2v) is 5.42. The molecule has 1 heterocycles. The van der Waals surface area contributed by atoms with Crippen LogP contribution in [0.3, 0.4) is 0 Å². The number of nitrogens with zero attached hydrogens (tertiary/aromatic N) is 3. The Hall–Kier alpha value is -3.07. The van der Waals surface area contributed by atoms with E-state index in [-0.39, 0.29) is 0 Å². The van der Waals surface area contributed by atoms with Gasteiger partial charge in [0.05, 0.1) is 0 Å². The lowest BCUT2D eigenvalue weighted by molar-refractivity contribution is 0.993. The van der Waals surface area contributed by atoms with Gasteiger partial charge in [0.1, 0.15) is 5.82 Å². The summed E-state index contributed by atoms with van der Waals surface area (Å²) in [6.07, 6.45) is 0.